The fraction of sp³-hybridized carbons (Fsp3) is 0.571. The lowest BCUT2D eigenvalue weighted by molar-refractivity contribution is -0.118. The third-order valence-electron chi connectivity index (χ3n) is 1.02. The lowest BCUT2D eigenvalue weighted by atomic mass is 10.3. The molecule has 0 aliphatic rings. The van der Waals surface area contributed by atoms with Crippen molar-refractivity contribution in [1.29, 1.82) is 0 Å². The molecule has 0 bridgehead atoms. The molecule has 0 saturated carbocycles. The Balaban J connectivity index is 3.56. The van der Waals surface area contributed by atoms with Gasteiger partial charge in [-0.2, -0.15) is 12.6 Å². The molecule has 0 rings (SSSR count). The van der Waals surface area contributed by atoms with Crippen LogP contribution < -0.4 is 0 Å². The Bertz CT molecular complexity index is 145. The molecule has 0 aliphatic heterocycles. The number of Topliss-reactive ketones (excluding diaryl/α,β-unsaturated/α-hetero) is 1. The number of ketones is 1. The summed E-state index contributed by atoms with van der Waals surface area (Å²) in [6.45, 7) is 3.41. The quantitative estimate of drug-likeness (QED) is 0.350. The molecule has 0 aromatic carbocycles. The molecule has 0 aromatic heterocycles. The van der Waals surface area contributed by atoms with Gasteiger partial charge in [0, 0.05) is 6.42 Å². The molecule has 0 aliphatic carbocycles. The zero-order valence-corrected chi connectivity index (χ0v) is 7.14. The predicted molar refractivity (Wildman–Crippen MR) is 45.7 cm³/mol. The van der Waals surface area contributed by atoms with Crippen molar-refractivity contribution in [3.63, 3.8) is 0 Å². The highest BCUT2D eigenvalue weighted by atomic mass is 32.1. The molecule has 3 nitrogen and oxygen atoms in total. The van der Waals surface area contributed by atoms with Gasteiger partial charge < -0.3 is 9.84 Å². The van der Waals surface area contributed by atoms with Crippen molar-refractivity contribution in [2.45, 2.75) is 6.42 Å². The van der Waals surface area contributed by atoms with Gasteiger partial charge in [-0.05, 0) is 5.75 Å². The molecule has 4 heteroatoms. The van der Waals surface area contributed by atoms with E-state index in [0.29, 0.717) is 12.2 Å². The number of rotatable bonds is 6. The maximum Gasteiger partial charge on any atom is 0.197 e. The van der Waals surface area contributed by atoms with Gasteiger partial charge in [-0.1, -0.05) is 6.58 Å². The Kier molecular flexibility index (Phi) is 5.97. The van der Waals surface area contributed by atoms with Crippen LogP contribution >= 0.6 is 12.6 Å². The molecule has 0 atom stereocenters. The highest BCUT2D eigenvalue weighted by Gasteiger charge is 2.05. The zero-order chi connectivity index (χ0) is 8.69. The predicted octanol–water partition coefficient (Wildman–Crippen LogP) is 0.398. The van der Waals surface area contributed by atoms with E-state index in [4.69, 9.17) is 9.84 Å². The molecule has 0 heterocycles. The summed E-state index contributed by atoms with van der Waals surface area (Å²) in [4.78, 5) is 10.9. The summed E-state index contributed by atoms with van der Waals surface area (Å²) in [5, 5.41) is 8.33. The van der Waals surface area contributed by atoms with E-state index in [2.05, 4.69) is 19.2 Å². The van der Waals surface area contributed by atoms with Crippen molar-refractivity contribution in [3.05, 3.63) is 12.3 Å². The van der Waals surface area contributed by atoms with Crippen LogP contribution in [0.4, 0.5) is 0 Å². The molecule has 0 spiro atoms. The standard InChI is InChI=1S/C7H12O3S/c1-6(10-4-3-8)7(9)2-5-11/h8,11H,1-5H2. The van der Waals surface area contributed by atoms with Crippen LogP contribution in [0.2, 0.25) is 0 Å². The summed E-state index contributed by atoms with van der Waals surface area (Å²) in [6, 6.07) is 0. The van der Waals surface area contributed by atoms with E-state index >= 15 is 0 Å². The number of hydrogen-bond donors (Lipinski definition) is 2. The number of carbonyl (C=O) groups excluding carboxylic acids is 1. The summed E-state index contributed by atoms with van der Waals surface area (Å²) >= 11 is 3.88. The smallest absolute Gasteiger partial charge is 0.197 e. The number of carbonyl (C=O) groups is 1. The van der Waals surface area contributed by atoms with Gasteiger partial charge in [0.1, 0.15) is 6.61 Å². The van der Waals surface area contributed by atoms with Crippen LogP contribution in [0.5, 0.6) is 0 Å². The first-order chi connectivity index (χ1) is 5.22. The summed E-state index contributed by atoms with van der Waals surface area (Å²) in [7, 11) is 0. The Morgan fingerprint density at radius 1 is 1.64 bits per heavy atom. The maximum atomic E-state index is 10.9. The van der Waals surface area contributed by atoms with Gasteiger partial charge in [0.25, 0.3) is 0 Å². The van der Waals surface area contributed by atoms with E-state index in [1.807, 2.05) is 0 Å². The monoisotopic (exact) mass is 176 g/mol. The summed E-state index contributed by atoms with van der Waals surface area (Å²) in [5.74, 6) is 0.432. The molecular formula is C7H12O3S. The van der Waals surface area contributed by atoms with E-state index in [9.17, 15) is 4.79 Å². The van der Waals surface area contributed by atoms with E-state index in [1.165, 1.54) is 0 Å². The Labute approximate surface area is 71.5 Å². The minimum Gasteiger partial charge on any atom is -0.488 e. The van der Waals surface area contributed by atoms with Gasteiger partial charge in [0.2, 0.25) is 0 Å². The largest absolute Gasteiger partial charge is 0.488 e. The molecule has 64 valence electrons. The van der Waals surface area contributed by atoms with E-state index in [1.54, 1.807) is 0 Å². The zero-order valence-electron chi connectivity index (χ0n) is 6.25. The van der Waals surface area contributed by atoms with E-state index in [-0.39, 0.29) is 24.8 Å². The second-order valence-electron chi connectivity index (χ2n) is 1.89. The number of aliphatic hydroxyl groups excluding tert-OH is 1. The highest BCUT2D eigenvalue weighted by Crippen LogP contribution is 1.99. The normalized spacial score (nSPS) is 9.27. The molecule has 0 saturated heterocycles. The number of allylic oxidation sites excluding steroid dienone is 1. The highest BCUT2D eigenvalue weighted by molar-refractivity contribution is 7.80. The minimum atomic E-state index is -0.159. The van der Waals surface area contributed by atoms with Crippen LogP contribution in [-0.4, -0.2) is 29.9 Å². The van der Waals surface area contributed by atoms with Crippen LogP contribution in [0.1, 0.15) is 6.42 Å². The lowest BCUT2D eigenvalue weighted by Crippen LogP contribution is -2.08. The molecule has 0 fully saturated rings. The average molecular weight is 176 g/mol. The second-order valence-corrected chi connectivity index (χ2v) is 2.34. The van der Waals surface area contributed by atoms with Crippen LogP contribution in [0, 0.1) is 0 Å². The molecule has 0 radical (unpaired) electrons. The van der Waals surface area contributed by atoms with Crippen LogP contribution in [-0.2, 0) is 9.53 Å². The molecule has 1 N–H and O–H groups in total. The number of aliphatic hydroxyl groups is 1. The maximum absolute atomic E-state index is 10.9. The van der Waals surface area contributed by atoms with Crippen molar-refractivity contribution >= 4 is 18.4 Å². The Morgan fingerprint density at radius 3 is 2.73 bits per heavy atom. The number of thiol groups is 1. The third kappa shape index (κ3) is 4.86. The Morgan fingerprint density at radius 2 is 2.27 bits per heavy atom. The SMILES string of the molecule is C=C(OCCO)C(=O)CCS. The average Bonchev–Trinajstić information content (AvgIpc) is 2.00. The first-order valence-corrected chi connectivity index (χ1v) is 3.92. The van der Waals surface area contributed by atoms with Crippen molar-refractivity contribution in [3.8, 4) is 0 Å². The third-order valence-corrected chi connectivity index (χ3v) is 1.24. The van der Waals surface area contributed by atoms with Gasteiger partial charge in [0.15, 0.2) is 11.5 Å². The van der Waals surface area contributed by atoms with Gasteiger partial charge in [0.05, 0.1) is 6.61 Å². The molecule has 0 aromatic rings. The first-order valence-electron chi connectivity index (χ1n) is 3.29. The van der Waals surface area contributed by atoms with Crippen molar-refractivity contribution in [2.75, 3.05) is 19.0 Å². The van der Waals surface area contributed by atoms with Gasteiger partial charge in [-0.3, -0.25) is 4.79 Å². The number of hydrogen-bond acceptors (Lipinski definition) is 4. The van der Waals surface area contributed by atoms with Gasteiger partial charge in [-0.15, -0.1) is 0 Å². The van der Waals surface area contributed by atoms with E-state index < -0.39 is 0 Å². The first kappa shape index (κ1) is 10.5. The molecular weight excluding hydrogens is 164 g/mol. The fourth-order valence-electron chi connectivity index (χ4n) is 0.490. The molecule has 11 heavy (non-hydrogen) atoms. The topological polar surface area (TPSA) is 46.5 Å². The van der Waals surface area contributed by atoms with E-state index in [0.717, 1.165) is 0 Å². The van der Waals surface area contributed by atoms with Crippen LogP contribution in [0.25, 0.3) is 0 Å². The summed E-state index contributed by atoms with van der Waals surface area (Å²) in [6.07, 6.45) is 0.327. The lowest BCUT2D eigenvalue weighted by Gasteiger charge is -2.04. The summed E-state index contributed by atoms with van der Waals surface area (Å²) in [5.41, 5.74) is 0. The minimum absolute atomic E-state index is 0.104. The fourth-order valence-corrected chi connectivity index (χ4v) is 0.693. The summed E-state index contributed by atoms with van der Waals surface area (Å²) < 4.78 is 4.78. The van der Waals surface area contributed by atoms with Crippen LogP contribution in [0.15, 0.2) is 12.3 Å². The van der Waals surface area contributed by atoms with Crippen molar-refractivity contribution in [2.24, 2.45) is 0 Å². The Hall–Kier alpha value is -0.480. The number of ether oxygens (including phenoxy) is 1. The van der Waals surface area contributed by atoms with Gasteiger partial charge in [-0.25, -0.2) is 0 Å². The molecule has 0 unspecified atom stereocenters. The van der Waals surface area contributed by atoms with Gasteiger partial charge >= 0.3 is 0 Å². The van der Waals surface area contributed by atoms with Crippen molar-refractivity contribution in [1.82, 2.24) is 0 Å². The second kappa shape index (κ2) is 6.24. The molecule has 0 amide bonds. The van der Waals surface area contributed by atoms with Crippen molar-refractivity contribution < 1.29 is 14.6 Å². The van der Waals surface area contributed by atoms with Crippen LogP contribution in [0.3, 0.4) is 0 Å².